The first kappa shape index (κ1) is 14.1. The standard InChI is InChI=1S/C11H6O2S7/c14-8-5(9-15-3-4-16-9)17-10(20-8)11-18-6-7(19-11)13-2-1-12-6/h3-4H,1-2H2. The summed E-state index contributed by atoms with van der Waals surface area (Å²) in [6.07, 6.45) is 0. The number of hydrogen-bond acceptors (Lipinski definition) is 9. The molecule has 3 aliphatic rings. The molecular weight excluding hydrogens is 389 g/mol. The molecule has 0 unspecified atom stereocenters. The highest BCUT2D eigenvalue weighted by atomic mass is 32.2. The van der Waals surface area contributed by atoms with Gasteiger partial charge in [-0.05, 0) is 34.3 Å². The van der Waals surface area contributed by atoms with Crippen LogP contribution >= 0.6 is 81.9 Å². The second kappa shape index (κ2) is 5.94. The van der Waals surface area contributed by atoms with Crippen molar-refractivity contribution in [3.8, 4) is 0 Å². The minimum absolute atomic E-state index is 0.641. The molecule has 1 aromatic heterocycles. The topological polar surface area (TPSA) is 18.5 Å². The summed E-state index contributed by atoms with van der Waals surface area (Å²) in [5, 5.41) is 6.02. The summed E-state index contributed by atoms with van der Waals surface area (Å²) in [6, 6.07) is 0. The maximum absolute atomic E-state index is 5.63. The van der Waals surface area contributed by atoms with Crippen LogP contribution in [0.3, 0.4) is 0 Å². The van der Waals surface area contributed by atoms with Gasteiger partial charge >= 0.3 is 0 Å². The Labute approximate surface area is 145 Å². The zero-order chi connectivity index (χ0) is 13.5. The zero-order valence-corrected chi connectivity index (χ0v) is 15.5. The first-order valence-corrected chi connectivity index (χ1v) is 11.0. The van der Waals surface area contributed by atoms with Crippen LogP contribution in [0, 0.1) is 3.82 Å². The third-order valence-electron chi connectivity index (χ3n) is 2.41. The van der Waals surface area contributed by atoms with E-state index in [4.69, 9.17) is 21.7 Å². The molecule has 0 amide bonds. The van der Waals surface area contributed by atoms with Gasteiger partial charge in [0.15, 0.2) is 0 Å². The van der Waals surface area contributed by atoms with Crippen molar-refractivity contribution in [3.05, 3.63) is 33.2 Å². The minimum Gasteiger partial charge on any atom is -0.480 e. The van der Waals surface area contributed by atoms with E-state index in [9.17, 15) is 0 Å². The van der Waals surface area contributed by atoms with Gasteiger partial charge in [-0.1, -0.05) is 35.7 Å². The first-order valence-electron chi connectivity index (χ1n) is 5.54. The molecule has 0 saturated carbocycles. The molecule has 20 heavy (non-hydrogen) atoms. The largest absolute Gasteiger partial charge is 0.480 e. The van der Waals surface area contributed by atoms with E-state index in [0.717, 1.165) is 14.0 Å². The normalized spacial score (nSPS) is 21.2. The lowest BCUT2D eigenvalue weighted by atomic mass is 10.7. The highest BCUT2D eigenvalue weighted by Crippen LogP contribution is 2.51. The lowest BCUT2D eigenvalue weighted by Crippen LogP contribution is -2.08. The fourth-order valence-electron chi connectivity index (χ4n) is 1.61. The molecule has 0 atom stereocenters. The van der Waals surface area contributed by atoms with Crippen molar-refractivity contribution in [2.45, 2.75) is 0 Å². The van der Waals surface area contributed by atoms with Crippen LogP contribution in [0.15, 0.2) is 21.0 Å². The molecule has 0 radical (unpaired) electrons. The van der Waals surface area contributed by atoms with E-state index in [1.165, 1.54) is 16.9 Å². The molecule has 2 nitrogen and oxygen atoms in total. The molecule has 0 saturated heterocycles. The summed E-state index contributed by atoms with van der Waals surface area (Å²) in [6.45, 7) is 1.28. The monoisotopic (exact) mass is 394 g/mol. The first-order chi connectivity index (χ1) is 9.81. The number of ether oxygens (including phenoxy) is 2. The van der Waals surface area contributed by atoms with Gasteiger partial charge in [0.2, 0.25) is 10.2 Å². The predicted molar refractivity (Wildman–Crippen MR) is 97.5 cm³/mol. The number of rotatable bonds is 0. The molecule has 4 heterocycles. The van der Waals surface area contributed by atoms with Crippen molar-refractivity contribution in [2.24, 2.45) is 0 Å². The van der Waals surface area contributed by atoms with Crippen molar-refractivity contribution in [3.63, 3.8) is 0 Å². The van der Waals surface area contributed by atoms with E-state index in [1.54, 1.807) is 69.7 Å². The summed E-state index contributed by atoms with van der Waals surface area (Å²) in [7, 11) is 0. The van der Waals surface area contributed by atoms with E-state index >= 15 is 0 Å². The fraction of sp³-hybridized carbons (Fsp3) is 0.182. The van der Waals surface area contributed by atoms with Crippen LogP contribution in [-0.2, 0) is 9.47 Å². The van der Waals surface area contributed by atoms with Crippen molar-refractivity contribution < 1.29 is 9.47 Å². The van der Waals surface area contributed by atoms with Crippen LogP contribution < -0.4 is 8.38 Å². The van der Waals surface area contributed by atoms with E-state index in [2.05, 4.69) is 10.8 Å². The molecule has 4 rings (SSSR count). The highest BCUT2D eigenvalue weighted by Gasteiger charge is 2.28. The van der Waals surface area contributed by atoms with Crippen LogP contribution in [0.1, 0.15) is 0 Å². The Kier molecular flexibility index (Phi) is 4.19. The van der Waals surface area contributed by atoms with Gasteiger partial charge in [-0.3, -0.25) is 0 Å². The SMILES string of the molecule is S=c1sc(=C2SC3=C(OCCO3)S2)sc1=C1SC=CS1. The van der Waals surface area contributed by atoms with Crippen LogP contribution in [0.5, 0.6) is 0 Å². The fourth-order valence-corrected chi connectivity index (χ4v) is 9.45. The molecule has 0 fully saturated rings. The Morgan fingerprint density at radius 2 is 1.55 bits per heavy atom. The Bertz CT molecular complexity index is 767. The van der Waals surface area contributed by atoms with Crippen molar-refractivity contribution >= 4 is 90.4 Å². The molecule has 3 aliphatic heterocycles. The Balaban J connectivity index is 1.78. The molecular formula is C11H6O2S7. The van der Waals surface area contributed by atoms with E-state index < -0.39 is 0 Å². The van der Waals surface area contributed by atoms with Crippen molar-refractivity contribution in [1.82, 2.24) is 0 Å². The Morgan fingerprint density at radius 3 is 2.20 bits per heavy atom. The van der Waals surface area contributed by atoms with Gasteiger partial charge in [0.05, 0.1) is 13.0 Å². The molecule has 1 aromatic rings. The second-order valence-corrected chi connectivity index (χ2v) is 10.9. The summed E-state index contributed by atoms with van der Waals surface area (Å²) in [5.74, 6) is 0. The second-order valence-electron chi connectivity index (χ2n) is 3.67. The molecule has 0 N–H and O–H groups in total. The molecule has 9 heteroatoms. The summed E-state index contributed by atoms with van der Waals surface area (Å²) < 4.78 is 17.2. The van der Waals surface area contributed by atoms with Gasteiger partial charge in [-0.25, -0.2) is 0 Å². The average molecular weight is 395 g/mol. The van der Waals surface area contributed by atoms with E-state index in [1.807, 2.05) is 0 Å². The lowest BCUT2D eigenvalue weighted by Gasteiger charge is -2.13. The van der Waals surface area contributed by atoms with Crippen LogP contribution in [0.25, 0.3) is 8.47 Å². The maximum Gasteiger partial charge on any atom is 0.208 e. The quantitative estimate of drug-likeness (QED) is 0.604. The van der Waals surface area contributed by atoms with Gasteiger partial charge in [0.1, 0.15) is 20.9 Å². The van der Waals surface area contributed by atoms with Crippen molar-refractivity contribution in [2.75, 3.05) is 13.2 Å². The Hall–Kier alpha value is 0.490. The van der Waals surface area contributed by atoms with Gasteiger partial charge in [0, 0.05) is 0 Å². The minimum atomic E-state index is 0.641. The predicted octanol–water partition coefficient (Wildman–Crippen LogP) is 4.28. The van der Waals surface area contributed by atoms with E-state index in [-0.39, 0.29) is 0 Å². The van der Waals surface area contributed by atoms with Gasteiger partial charge in [-0.15, -0.1) is 22.7 Å². The smallest absolute Gasteiger partial charge is 0.208 e. The molecule has 0 aromatic carbocycles. The van der Waals surface area contributed by atoms with Gasteiger partial charge in [-0.2, -0.15) is 0 Å². The lowest BCUT2D eigenvalue weighted by molar-refractivity contribution is 0.0949. The average Bonchev–Trinajstić information content (AvgIpc) is 3.16. The van der Waals surface area contributed by atoms with Gasteiger partial charge < -0.3 is 9.47 Å². The molecule has 104 valence electrons. The van der Waals surface area contributed by atoms with Crippen molar-refractivity contribution in [1.29, 1.82) is 0 Å². The van der Waals surface area contributed by atoms with Crippen LogP contribution in [-0.4, -0.2) is 13.2 Å². The third kappa shape index (κ3) is 2.62. The summed E-state index contributed by atoms with van der Waals surface area (Å²) in [5.41, 5.74) is 0. The van der Waals surface area contributed by atoms with Gasteiger partial charge in [0.25, 0.3) is 0 Å². The zero-order valence-electron chi connectivity index (χ0n) is 9.74. The maximum atomic E-state index is 5.63. The number of thioether (sulfide) groups is 4. The third-order valence-corrected chi connectivity index (χ3v) is 10.7. The van der Waals surface area contributed by atoms with Crippen LogP contribution in [0.4, 0.5) is 0 Å². The highest BCUT2D eigenvalue weighted by molar-refractivity contribution is 8.36. The molecule has 0 aliphatic carbocycles. The summed E-state index contributed by atoms with van der Waals surface area (Å²) in [4.78, 5) is 0. The van der Waals surface area contributed by atoms with E-state index in [0.29, 0.717) is 13.2 Å². The van der Waals surface area contributed by atoms with Crippen LogP contribution in [0.2, 0.25) is 0 Å². The molecule has 0 spiro atoms. The molecule has 0 bridgehead atoms. The number of hydrogen-bond donors (Lipinski definition) is 0. The Morgan fingerprint density at radius 1 is 0.900 bits per heavy atom. The summed E-state index contributed by atoms with van der Waals surface area (Å²) >= 11 is 15.8.